The number of anilines is 1. The van der Waals surface area contributed by atoms with E-state index in [-0.39, 0.29) is 22.7 Å². The van der Waals surface area contributed by atoms with Gasteiger partial charge in [-0.05, 0) is 33.4 Å². The van der Waals surface area contributed by atoms with E-state index in [2.05, 4.69) is 10.4 Å². The highest BCUT2D eigenvalue weighted by atomic mass is 35.5. The van der Waals surface area contributed by atoms with E-state index in [0.29, 0.717) is 12.2 Å². The zero-order chi connectivity index (χ0) is 14.8. The molecular formula is C13H21ClN4O2. The van der Waals surface area contributed by atoms with E-state index in [1.807, 2.05) is 19.0 Å². The molecule has 1 aliphatic carbocycles. The lowest BCUT2D eigenvalue weighted by molar-refractivity contribution is 0.144. The number of nitrogens with one attached hydrogen (secondary N) is 1. The number of hydrogen-bond donors (Lipinski definition) is 2. The maximum Gasteiger partial charge on any atom is 0.287 e. The fourth-order valence-corrected chi connectivity index (χ4v) is 2.41. The first-order valence-corrected chi connectivity index (χ1v) is 7.15. The second-order valence-electron chi connectivity index (χ2n) is 5.62. The minimum atomic E-state index is -0.340. The molecule has 6 nitrogen and oxygen atoms in total. The molecule has 0 amide bonds. The van der Waals surface area contributed by atoms with Crippen LogP contribution in [0.4, 0.5) is 5.69 Å². The lowest BCUT2D eigenvalue weighted by Crippen LogP contribution is -2.48. The zero-order valence-corrected chi connectivity index (χ0v) is 12.7. The largest absolute Gasteiger partial charge is 0.394 e. The number of hydrogen-bond acceptors (Lipinski definition) is 5. The number of aliphatic hydroxyl groups is 1. The van der Waals surface area contributed by atoms with Gasteiger partial charge in [0.15, 0.2) is 0 Å². The molecule has 1 saturated carbocycles. The van der Waals surface area contributed by atoms with Crippen molar-refractivity contribution in [1.82, 2.24) is 14.7 Å². The van der Waals surface area contributed by atoms with Crippen molar-refractivity contribution in [1.29, 1.82) is 0 Å². The van der Waals surface area contributed by atoms with E-state index in [1.54, 1.807) is 6.20 Å². The van der Waals surface area contributed by atoms with Gasteiger partial charge >= 0.3 is 0 Å². The van der Waals surface area contributed by atoms with Gasteiger partial charge in [0.2, 0.25) is 0 Å². The molecule has 0 aliphatic heterocycles. The van der Waals surface area contributed by atoms with Crippen LogP contribution in [0.3, 0.4) is 0 Å². The third-order valence-corrected chi connectivity index (χ3v) is 4.12. The minimum Gasteiger partial charge on any atom is -0.394 e. The van der Waals surface area contributed by atoms with Crippen molar-refractivity contribution in [2.24, 2.45) is 0 Å². The fraction of sp³-hybridized carbons (Fsp3) is 0.692. The highest BCUT2D eigenvalue weighted by Crippen LogP contribution is 2.35. The normalized spacial score (nSPS) is 17.1. The predicted octanol–water partition coefficient (Wildman–Crippen LogP) is 0.785. The van der Waals surface area contributed by atoms with Crippen LogP contribution in [0.5, 0.6) is 0 Å². The lowest BCUT2D eigenvalue weighted by atomic mass is 9.77. The van der Waals surface area contributed by atoms with Crippen LogP contribution in [-0.4, -0.2) is 52.6 Å². The number of aliphatic hydroxyl groups excluding tert-OH is 1. The summed E-state index contributed by atoms with van der Waals surface area (Å²) < 4.78 is 1.36. The molecular weight excluding hydrogens is 280 g/mol. The fourth-order valence-electron chi connectivity index (χ4n) is 2.22. The third kappa shape index (κ3) is 3.13. The van der Waals surface area contributed by atoms with Crippen molar-refractivity contribution in [3.63, 3.8) is 0 Å². The van der Waals surface area contributed by atoms with E-state index in [4.69, 9.17) is 11.6 Å². The van der Waals surface area contributed by atoms with Gasteiger partial charge in [0.25, 0.3) is 5.56 Å². The average molecular weight is 301 g/mol. The molecule has 2 rings (SSSR count). The molecule has 0 bridgehead atoms. The summed E-state index contributed by atoms with van der Waals surface area (Å²) in [4.78, 5) is 14.1. The Morgan fingerprint density at radius 3 is 2.75 bits per heavy atom. The number of likely N-dealkylation sites (N-methyl/N-ethyl adjacent to an activating group) is 1. The summed E-state index contributed by atoms with van der Waals surface area (Å²) in [5, 5.41) is 16.9. The van der Waals surface area contributed by atoms with Crippen LogP contribution in [0, 0.1) is 0 Å². The molecule has 1 aliphatic rings. The van der Waals surface area contributed by atoms with Crippen molar-refractivity contribution in [2.75, 3.05) is 32.6 Å². The number of nitrogens with zero attached hydrogens (tertiary/aromatic N) is 3. The van der Waals surface area contributed by atoms with Crippen LogP contribution >= 0.6 is 11.6 Å². The highest BCUT2D eigenvalue weighted by molar-refractivity contribution is 6.32. The summed E-state index contributed by atoms with van der Waals surface area (Å²) in [7, 11) is 3.87. The first-order chi connectivity index (χ1) is 9.47. The van der Waals surface area contributed by atoms with E-state index in [1.165, 1.54) is 4.68 Å². The van der Waals surface area contributed by atoms with Crippen LogP contribution in [0.15, 0.2) is 11.0 Å². The Labute approximate surface area is 123 Å². The molecule has 0 aromatic carbocycles. The van der Waals surface area contributed by atoms with E-state index in [0.717, 1.165) is 25.8 Å². The SMILES string of the molecule is CN(C)CCn1ncc(NC2(CO)CCC2)c(Cl)c1=O. The predicted molar refractivity (Wildman–Crippen MR) is 79.4 cm³/mol. The molecule has 1 heterocycles. The van der Waals surface area contributed by atoms with Gasteiger partial charge in [0.05, 0.1) is 30.6 Å². The minimum absolute atomic E-state index is 0.0348. The molecule has 2 N–H and O–H groups in total. The number of halogens is 1. The quantitative estimate of drug-likeness (QED) is 0.813. The standard InChI is InChI=1S/C13H21ClN4O2/c1-17(2)6-7-18-12(20)11(14)10(8-15-18)16-13(9-19)4-3-5-13/h8,16,19H,3-7,9H2,1-2H3. The Balaban J connectivity index is 2.16. The summed E-state index contributed by atoms with van der Waals surface area (Å²) in [6.07, 6.45) is 4.39. The van der Waals surface area contributed by atoms with Crippen LogP contribution in [0.2, 0.25) is 5.02 Å². The van der Waals surface area contributed by atoms with Gasteiger partial charge in [-0.25, -0.2) is 4.68 Å². The van der Waals surface area contributed by atoms with Gasteiger partial charge in [-0.2, -0.15) is 5.10 Å². The summed E-state index contributed by atoms with van der Waals surface area (Å²) in [6, 6.07) is 0. The highest BCUT2D eigenvalue weighted by Gasteiger charge is 2.36. The van der Waals surface area contributed by atoms with Gasteiger partial charge in [0.1, 0.15) is 5.02 Å². The molecule has 7 heteroatoms. The molecule has 1 aromatic rings. The van der Waals surface area contributed by atoms with Crippen molar-refractivity contribution in [3.8, 4) is 0 Å². The van der Waals surface area contributed by atoms with Crippen LogP contribution in [0.1, 0.15) is 19.3 Å². The van der Waals surface area contributed by atoms with Gasteiger partial charge in [-0.1, -0.05) is 11.6 Å². The van der Waals surface area contributed by atoms with Crippen LogP contribution in [-0.2, 0) is 6.54 Å². The molecule has 20 heavy (non-hydrogen) atoms. The summed E-state index contributed by atoms with van der Waals surface area (Å²) in [5.41, 5.74) is -0.134. The first-order valence-electron chi connectivity index (χ1n) is 6.77. The molecule has 112 valence electrons. The second kappa shape index (κ2) is 6.11. The van der Waals surface area contributed by atoms with E-state index >= 15 is 0 Å². The number of rotatable bonds is 6. The smallest absolute Gasteiger partial charge is 0.287 e. The maximum atomic E-state index is 12.1. The molecule has 0 unspecified atom stereocenters. The molecule has 0 radical (unpaired) electrons. The van der Waals surface area contributed by atoms with Crippen molar-refractivity contribution < 1.29 is 5.11 Å². The van der Waals surface area contributed by atoms with Crippen molar-refractivity contribution >= 4 is 17.3 Å². The second-order valence-corrected chi connectivity index (χ2v) is 6.00. The Bertz CT molecular complexity index is 520. The Morgan fingerprint density at radius 1 is 1.55 bits per heavy atom. The summed E-state index contributed by atoms with van der Waals surface area (Å²) >= 11 is 6.13. The molecule has 0 saturated heterocycles. The van der Waals surface area contributed by atoms with Crippen LogP contribution < -0.4 is 10.9 Å². The van der Waals surface area contributed by atoms with Crippen molar-refractivity contribution in [3.05, 3.63) is 21.6 Å². The number of aromatic nitrogens is 2. The molecule has 0 spiro atoms. The summed E-state index contributed by atoms with van der Waals surface area (Å²) in [6.45, 7) is 1.25. The Morgan fingerprint density at radius 2 is 2.25 bits per heavy atom. The van der Waals surface area contributed by atoms with Gasteiger partial charge in [-0.3, -0.25) is 4.79 Å². The molecule has 1 fully saturated rings. The van der Waals surface area contributed by atoms with Gasteiger partial charge in [0, 0.05) is 6.54 Å². The van der Waals surface area contributed by atoms with Gasteiger partial charge in [-0.15, -0.1) is 0 Å². The molecule has 1 aromatic heterocycles. The monoisotopic (exact) mass is 300 g/mol. The molecule has 0 atom stereocenters. The lowest BCUT2D eigenvalue weighted by Gasteiger charge is -2.41. The third-order valence-electron chi connectivity index (χ3n) is 3.76. The van der Waals surface area contributed by atoms with Crippen molar-refractivity contribution in [2.45, 2.75) is 31.3 Å². The van der Waals surface area contributed by atoms with Gasteiger partial charge < -0.3 is 15.3 Å². The topological polar surface area (TPSA) is 70.4 Å². The summed E-state index contributed by atoms with van der Waals surface area (Å²) in [5.74, 6) is 0. The Hall–Kier alpha value is -1.11. The average Bonchev–Trinajstić information content (AvgIpc) is 2.37. The maximum absolute atomic E-state index is 12.1. The van der Waals surface area contributed by atoms with E-state index in [9.17, 15) is 9.90 Å². The first kappa shape index (κ1) is 15.3. The zero-order valence-electron chi connectivity index (χ0n) is 11.9. The van der Waals surface area contributed by atoms with E-state index < -0.39 is 0 Å². The Kier molecular flexibility index (Phi) is 4.67. The van der Waals surface area contributed by atoms with Crippen LogP contribution in [0.25, 0.3) is 0 Å².